The average Bonchev–Trinajstić information content (AvgIpc) is 3.03. The second kappa shape index (κ2) is 4.93. The zero-order chi connectivity index (χ0) is 13.4. The minimum Gasteiger partial charge on any atom is -0.338 e. The molecule has 1 heterocycles. The highest BCUT2D eigenvalue weighted by atomic mass is 19.1. The van der Waals surface area contributed by atoms with Crippen molar-refractivity contribution in [3.63, 3.8) is 0 Å². The van der Waals surface area contributed by atoms with Crippen LogP contribution in [0.4, 0.5) is 4.39 Å². The first kappa shape index (κ1) is 12.6. The molecule has 0 saturated carbocycles. The minimum atomic E-state index is -0.882. The van der Waals surface area contributed by atoms with Crippen LogP contribution in [0.1, 0.15) is 29.9 Å². The van der Waals surface area contributed by atoms with E-state index in [0.717, 1.165) is 12.8 Å². The van der Waals surface area contributed by atoms with Crippen LogP contribution in [0.15, 0.2) is 24.3 Å². The third kappa shape index (κ3) is 2.25. The molecule has 4 heteroatoms. The van der Waals surface area contributed by atoms with Crippen LogP contribution in [0.5, 0.6) is 0 Å². The van der Waals surface area contributed by atoms with Gasteiger partial charge in [-0.3, -0.25) is 4.79 Å². The second-order valence-corrected chi connectivity index (χ2v) is 5.54. The molecule has 1 aromatic carbocycles. The van der Waals surface area contributed by atoms with Crippen LogP contribution in [0, 0.1) is 0 Å². The highest BCUT2D eigenvalue weighted by Crippen LogP contribution is 2.35. The Labute approximate surface area is 112 Å². The first-order valence-corrected chi connectivity index (χ1v) is 6.93. The number of carbonyl (C=O) groups is 1. The van der Waals surface area contributed by atoms with Crippen molar-refractivity contribution in [3.05, 3.63) is 35.4 Å². The third-order valence-electron chi connectivity index (χ3n) is 4.34. The molecule has 0 bridgehead atoms. The largest absolute Gasteiger partial charge is 0.338 e. The quantitative estimate of drug-likeness (QED) is 0.880. The lowest BCUT2D eigenvalue weighted by Gasteiger charge is -2.25. The van der Waals surface area contributed by atoms with E-state index in [1.165, 1.54) is 11.1 Å². The van der Waals surface area contributed by atoms with Crippen LogP contribution in [0.25, 0.3) is 0 Å². The zero-order valence-electron chi connectivity index (χ0n) is 10.9. The second-order valence-electron chi connectivity index (χ2n) is 5.54. The lowest BCUT2D eigenvalue weighted by molar-refractivity contribution is -0.132. The lowest BCUT2D eigenvalue weighted by atomic mass is 9.93. The molecular formula is C15H19FN2O. The molecule has 3 atom stereocenters. The molecule has 3 nitrogen and oxygen atoms in total. The molecule has 1 aliphatic heterocycles. The molecule has 1 aliphatic carbocycles. The Morgan fingerprint density at radius 2 is 2.16 bits per heavy atom. The first-order valence-electron chi connectivity index (χ1n) is 6.93. The summed E-state index contributed by atoms with van der Waals surface area (Å²) in [7, 11) is 0. The summed E-state index contributed by atoms with van der Waals surface area (Å²) >= 11 is 0. The average molecular weight is 262 g/mol. The smallest absolute Gasteiger partial charge is 0.240 e. The summed E-state index contributed by atoms with van der Waals surface area (Å²) in [6.45, 7) is 0.711. The minimum absolute atomic E-state index is 0.0855. The van der Waals surface area contributed by atoms with Crippen molar-refractivity contribution >= 4 is 5.91 Å². The number of halogens is 1. The van der Waals surface area contributed by atoms with E-state index < -0.39 is 12.2 Å². The topological polar surface area (TPSA) is 46.3 Å². The monoisotopic (exact) mass is 262 g/mol. The van der Waals surface area contributed by atoms with E-state index in [2.05, 4.69) is 12.1 Å². The maximum atomic E-state index is 13.2. The van der Waals surface area contributed by atoms with E-state index in [-0.39, 0.29) is 18.4 Å². The summed E-state index contributed by atoms with van der Waals surface area (Å²) < 4.78 is 13.2. The van der Waals surface area contributed by atoms with E-state index in [1.807, 2.05) is 12.1 Å². The Morgan fingerprint density at radius 3 is 2.89 bits per heavy atom. The number of nitrogens with zero attached hydrogens (tertiary/aromatic N) is 1. The molecule has 0 spiro atoms. The van der Waals surface area contributed by atoms with Crippen molar-refractivity contribution in [1.82, 2.24) is 4.90 Å². The number of likely N-dealkylation sites (tertiary alicyclic amines) is 1. The van der Waals surface area contributed by atoms with Gasteiger partial charge in [0.2, 0.25) is 5.91 Å². The maximum Gasteiger partial charge on any atom is 0.240 e. The fourth-order valence-corrected chi connectivity index (χ4v) is 3.26. The molecule has 0 unspecified atom stereocenters. The Morgan fingerprint density at radius 1 is 1.37 bits per heavy atom. The highest BCUT2D eigenvalue weighted by Gasteiger charge is 2.36. The van der Waals surface area contributed by atoms with Gasteiger partial charge in [0.05, 0.1) is 12.6 Å². The normalized spacial score (nSPS) is 27.4. The van der Waals surface area contributed by atoms with Crippen LogP contribution >= 0.6 is 0 Å². The third-order valence-corrected chi connectivity index (χ3v) is 4.34. The molecular weight excluding hydrogens is 243 g/mol. The summed E-state index contributed by atoms with van der Waals surface area (Å²) in [6.07, 6.45) is 1.46. The van der Waals surface area contributed by atoms with Crippen LogP contribution in [-0.4, -0.2) is 36.1 Å². The fourth-order valence-electron chi connectivity index (χ4n) is 3.26. The Bertz CT molecular complexity index is 491. The molecule has 102 valence electrons. The number of rotatable bonds is 2. The number of hydrogen-bond donors (Lipinski definition) is 1. The van der Waals surface area contributed by atoms with Crippen LogP contribution in [-0.2, 0) is 11.2 Å². The molecule has 0 radical (unpaired) electrons. The molecule has 1 fully saturated rings. The number of benzene rings is 1. The number of aryl methyl sites for hydroxylation is 1. The summed E-state index contributed by atoms with van der Waals surface area (Å²) in [4.78, 5) is 13.9. The number of fused-ring (bicyclic) bond motifs is 1. The van der Waals surface area contributed by atoms with Crippen LogP contribution < -0.4 is 5.73 Å². The highest BCUT2D eigenvalue weighted by molar-refractivity contribution is 5.83. The summed E-state index contributed by atoms with van der Waals surface area (Å²) in [5.74, 6) is -0.00999. The van der Waals surface area contributed by atoms with Crippen molar-refractivity contribution in [1.29, 1.82) is 0 Å². The van der Waals surface area contributed by atoms with E-state index >= 15 is 0 Å². The van der Waals surface area contributed by atoms with Gasteiger partial charge in [-0.1, -0.05) is 24.3 Å². The molecule has 1 saturated heterocycles. The molecule has 2 aliphatic rings. The molecule has 2 N–H and O–H groups in total. The van der Waals surface area contributed by atoms with Gasteiger partial charge >= 0.3 is 0 Å². The Hall–Kier alpha value is -1.42. The molecule has 1 amide bonds. The SMILES string of the molecule is N[C@H](C(=O)N1CC[C@H](F)C1)[C@H]1CCc2ccccc21. The van der Waals surface area contributed by atoms with Crippen molar-refractivity contribution in [2.45, 2.75) is 37.4 Å². The predicted molar refractivity (Wildman–Crippen MR) is 71.6 cm³/mol. The summed E-state index contributed by atoms with van der Waals surface area (Å²) in [5, 5.41) is 0. The van der Waals surface area contributed by atoms with E-state index in [1.54, 1.807) is 4.90 Å². The van der Waals surface area contributed by atoms with Gasteiger partial charge in [0.1, 0.15) is 6.17 Å². The van der Waals surface area contributed by atoms with Gasteiger partial charge in [0.15, 0.2) is 0 Å². The lowest BCUT2D eigenvalue weighted by Crippen LogP contribution is -2.45. The number of carbonyl (C=O) groups excluding carboxylic acids is 1. The number of nitrogens with two attached hydrogens (primary N) is 1. The van der Waals surface area contributed by atoms with Crippen molar-refractivity contribution in [2.75, 3.05) is 13.1 Å². The zero-order valence-corrected chi connectivity index (χ0v) is 10.9. The van der Waals surface area contributed by atoms with Crippen LogP contribution in [0.3, 0.4) is 0 Å². The first-order chi connectivity index (χ1) is 9.16. The Balaban J connectivity index is 1.75. The van der Waals surface area contributed by atoms with E-state index in [4.69, 9.17) is 5.73 Å². The van der Waals surface area contributed by atoms with Gasteiger partial charge in [0, 0.05) is 12.5 Å². The summed E-state index contributed by atoms with van der Waals surface area (Å²) in [5.41, 5.74) is 8.63. The number of hydrogen-bond acceptors (Lipinski definition) is 2. The molecule has 1 aromatic rings. The molecule has 3 rings (SSSR count). The van der Waals surface area contributed by atoms with Gasteiger partial charge in [-0.25, -0.2) is 4.39 Å². The number of alkyl halides is 1. The van der Waals surface area contributed by atoms with Crippen molar-refractivity contribution in [3.8, 4) is 0 Å². The van der Waals surface area contributed by atoms with Crippen molar-refractivity contribution < 1.29 is 9.18 Å². The van der Waals surface area contributed by atoms with E-state index in [9.17, 15) is 9.18 Å². The predicted octanol–water partition coefficient (Wildman–Crippen LogP) is 1.61. The van der Waals surface area contributed by atoms with Gasteiger partial charge in [0.25, 0.3) is 0 Å². The maximum absolute atomic E-state index is 13.2. The Kier molecular flexibility index (Phi) is 3.27. The van der Waals surface area contributed by atoms with Gasteiger partial charge in [-0.2, -0.15) is 0 Å². The van der Waals surface area contributed by atoms with Gasteiger partial charge < -0.3 is 10.6 Å². The molecule has 0 aromatic heterocycles. The summed E-state index contributed by atoms with van der Waals surface area (Å²) in [6, 6.07) is 7.63. The standard InChI is InChI=1S/C15H19FN2O/c16-11-7-8-18(9-11)15(19)14(17)13-6-5-10-3-1-2-4-12(10)13/h1-4,11,13-14H,5-9,17H2/t11-,13-,14-/m0/s1. The number of amides is 1. The fraction of sp³-hybridized carbons (Fsp3) is 0.533. The van der Waals surface area contributed by atoms with Gasteiger partial charge in [-0.15, -0.1) is 0 Å². The van der Waals surface area contributed by atoms with Crippen molar-refractivity contribution in [2.24, 2.45) is 5.73 Å². The van der Waals surface area contributed by atoms with Crippen LogP contribution in [0.2, 0.25) is 0 Å². The van der Waals surface area contributed by atoms with Gasteiger partial charge in [-0.05, 0) is 30.4 Å². The molecule has 19 heavy (non-hydrogen) atoms. The van der Waals surface area contributed by atoms with E-state index in [0.29, 0.717) is 13.0 Å².